The third-order valence-corrected chi connectivity index (χ3v) is 3.51. The number of amides is 1. The fourth-order valence-electron chi connectivity index (χ4n) is 1.40. The van der Waals surface area contributed by atoms with Crippen molar-refractivity contribution >= 4 is 17.7 Å². The molecule has 100 valence electrons. The summed E-state index contributed by atoms with van der Waals surface area (Å²) in [6.45, 7) is 1.64. The van der Waals surface area contributed by atoms with Gasteiger partial charge >= 0.3 is 0 Å². The van der Waals surface area contributed by atoms with Crippen LogP contribution in [0, 0.1) is 5.82 Å². The maximum absolute atomic E-state index is 13.1. The molecule has 1 atom stereocenters. The van der Waals surface area contributed by atoms with E-state index in [1.54, 1.807) is 19.1 Å². The predicted octanol–water partition coefficient (Wildman–Crippen LogP) is 0.764. The van der Waals surface area contributed by atoms with Gasteiger partial charge in [0, 0.05) is 5.56 Å². The van der Waals surface area contributed by atoms with Crippen LogP contribution in [0.3, 0.4) is 0 Å². The Kier molecular flexibility index (Phi) is 3.70. The molecule has 0 aliphatic carbocycles. The average molecular weight is 281 g/mol. The number of benzene rings is 1. The first kappa shape index (κ1) is 13.3. The largest absolute Gasteiger partial charge is 0.369 e. The third kappa shape index (κ3) is 2.84. The molecule has 1 amide bonds. The van der Waals surface area contributed by atoms with Gasteiger partial charge in [-0.2, -0.15) is 0 Å². The lowest BCUT2D eigenvalue weighted by Crippen LogP contribution is -2.23. The zero-order valence-corrected chi connectivity index (χ0v) is 10.9. The van der Waals surface area contributed by atoms with E-state index in [-0.39, 0.29) is 5.82 Å². The first-order valence-electron chi connectivity index (χ1n) is 5.41. The average Bonchev–Trinajstić information content (AvgIpc) is 2.71. The van der Waals surface area contributed by atoms with E-state index in [9.17, 15) is 9.18 Å². The van der Waals surface area contributed by atoms with E-state index in [2.05, 4.69) is 10.2 Å². The van der Waals surface area contributed by atoms with Crippen LogP contribution in [0.2, 0.25) is 0 Å². The Labute approximate surface area is 113 Å². The number of hydrogen-bond donors (Lipinski definition) is 2. The summed E-state index contributed by atoms with van der Waals surface area (Å²) in [5.41, 5.74) is 5.67. The highest BCUT2D eigenvalue weighted by Gasteiger charge is 2.18. The SMILES string of the molecule is C[C@@H](Sc1nnc(-c2cccc(F)c2)n1N)C(N)=O. The molecular weight excluding hydrogens is 269 g/mol. The van der Waals surface area contributed by atoms with Gasteiger partial charge in [-0.3, -0.25) is 4.79 Å². The van der Waals surface area contributed by atoms with Gasteiger partial charge in [-0.05, 0) is 19.1 Å². The van der Waals surface area contributed by atoms with Gasteiger partial charge in [-0.1, -0.05) is 23.9 Å². The van der Waals surface area contributed by atoms with E-state index in [0.717, 1.165) is 11.8 Å². The number of aromatic nitrogens is 3. The van der Waals surface area contributed by atoms with E-state index in [0.29, 0.717) is 16.5 Å². The van der Waals surface area contributed by atoms with Gasteiger partial charge in [0.1, 0.15) is 5.82 Å². The quantitative estimate of drug-likeness (QED) is 0.636. The molecule has 0 unspecified atom stereocenters. The molecule has 1 aromatic carbocycles. The lowest BCUT2D eigenvalue weighted by atomic mass is 10.2. The van der Waals surface area contributed by atoms with Crippen molar-refractivity contribution in [1.82, 2.24) is 14.9 Å². The second kappa shape index (κ2) is 5.27. The molecule has 0 aliphatic rings. The van der Waals surface area contributed by atoms with Crippen LogP contribution in [0.15, 0.2) is 29.4 Å². The fourth-order valence-corrected chi connectivity index (χ4v) is 2.12. The molecule has 1 heterocycles. The number of halogens is 1. The van der Waals surface area contributed by atoms with Crippen LogP contribution in [-0.4, -0.2) is 26.0 Å². The minimum atomic E-state index is -0.480. The summed E-state index contributed by atoms with van der Waals surface area (Å²) in [7, 11) is 0. The lowest BCUT2D eigenvalue weighted by Gasteiger charge is -2.06. The Morgan fingerprint density at radius 3 is 2.84 bits per heavy atom. The van der Waals surface area contributed by atoms with Gasteiger partial charge in [0.2, 0.25) is 11.1 Å². The summed E-state index contributed by atoms with van der Waals surface area (Å²) < 4.78 is 14.3. The molecule has 0 aliphatic heterocycles. The number of carbonyl (C=O) groups excluding carboxylic acids is 1. The fraction of sp³-hybridized carbons (Fsp3) is 0.182. The van der Waals surface area contributed by atoms with Gasteiger partial charge < -0.3 is 11.6 Å². The zero-order valence-electron chi connectivity index (χ0n) is 10.1. The highest BCUT2D eigenvalue weighted by molar-refractivity contribution is 8.00. The van der Waals surface area contributed by atoms with Crippen LogP contribution in [0.25, 0.3) is 11.4 Å². The Morgan fingerprint density at radius 2 is 2.21 bits per heavy atom. The molecule has 0 bridgehead atoms. The number of nitrogen functional groups attached to an aromatic ring is 1. The van der Waals surface area contributed by atoms with Crippen LogP contribution in [0.5, 0.6) is 0 Å². The molecule has 8 heteroatoms. The summed E-state index contributed by atoms with van der Waals surface area (Å²) in [5.74, 6) is 5.29. The van der Waals surface area contributed by atoms with Gasteiger partial charge in [-0.25, -0.2) is 9.07 Å². The molecule has 1 aromatic heterocycles. The normalized spacial score (nSPS) is 12.3. The number of rotatable bonds is 4. The molecule has 2 aromatic rings. The van der Waals surface area contributed by atoms with Crippen LogP contribution >= 0.6 is 11.8 Å². The van der Waals surface area contributed by atoms with Gasteiger partial charge in [0.25, 0.3) is 0 Å². The minimum absolute atomic E-state index is 0.318. The van der Waals surface area contributed by atoms with Crippen LogP contribution in [0.4, 0.5) is 4.39 Å². The van der Waals surface area contributed by atoms with Crippen LogP contribution in [0.1, 0.15) is 6.92 Å². The van der Waals surface area contributed by atoms with E-state index in [4.69, 9.17) is 11.6 Å². The second-order valence-electron chi connectivity index (χ2n) is 3.85. The number of thioether (sulfide) groups is 1. The molecule has 4 N–H and O–H groups in total. The first-order valence-corrected chi connectivity index (χ1v) is 6.29. The van der Waals surface area contributed by atoms with Crippen molar-refractivity contribution in [3.8, 4) is 11.4 Å². The van der Waals surface area contributed by atoms with E-state index in [1.807, 2.05) is 0 Å². The number of carbonyl (C=O) groups is 1. The molecule has 0 spiro atoms. The number of primary amides is 1. The Morgan fingerprint density at radius 1 is 1.47 bits per heavy atom. The molecular formula is C11H12FN5OS. The summed E-state index contributed by atoms with van der Waals surface area (Å²) in [6.07, 6.45) is 0. The number of nitrogens with zero attached hydrogens (tertiary/aromatic N) is 3. The van der Waals surface area contributed by atoms with Gasteiger partial charge in [0.05, 0.1) is 5.25 Å². The maximum Gasteiger partial charge on any atom is 0.230 e. The van der Waals surface area contributed by atoms with Gasteiger partial charge in [-0.15, -0.1) is 10.2 Å². The Balaban J connectivity index is 2.30. The van der Waals surface area contributed by atoms with Crippen molar-refractivity contribution < 1.29 is 9.18 Å². The predicted molar refractivity (Wildman–Crippen MR) is 70.1 cm³/mol. The first-order chi connectivity index (χ1) is 8.99. The topological polar surface area (TPSA) is 99.8 Å². The standard InChI is InChI=1S/C11H12FN5OS/c1-6(9(13)18)19-11-16-15-10(17(11)14)7-3-2-4-8(12)5-7/h2-6H,14H2,1H3,(H2,13,18)/t6-/m1/s1. The van der Waals surface area contributed by atoms with Gasteiger partial charge in [0.15, 0.2) is 5.82 Å². The molecule has 0 saturated carbocycles. The Hall–Kier alpha value is -2.09. The minimum Gasteiger partial charge on any atom is -0.369 e. The maximum atomic E-state index is 13.1. The third-order valence-electron chi connectivity index (χ3n) is 2.43. The van der Waals surface area contributed by atoms with Crippen molar-refractivity contribution in [3.63, 3.8) is 0 Å². The molecule has 2 rings (SSSR count). The molecule has 19 heavy (non-hydrogen) atoms. The number of hydrogen-bond acceptors (Lipinski definition) is 5. The lowest BCUT2D eigenvalue weighted by molar-refractivity contribution is -0.117. The zero-order chi connectivity index (χ0) is 14.0. The summed E-state index contributed by atoms with van der Waals surface area (Å²) >= 11 is 1.09. The number of nitrogens with two attached hydrogens (primary N) is 2. The van der Waals surface area contributed by atoms with E-state index >= 15 is 0 Å². The van der Waals surface area contributed by atoms with Crippen molar-refractivity contribution in [2.75, 3.05) is 5.84 Å². The highest BCUT2D eigenvalue weighted by Crippen LogP contribution is 2.24. The monoisotopic (exact) mass is 281 g/mol. The van der Waals surface area contributed by atoms with Crippen molar-refractivity contribution in [1.29, 1.82) is 0 Å². The van der Waals surface area contributed by atoms with E-state index < -0.39 is 11.2 Å². The Bertz CT molecular complexity index is 615. The summed E-state index contributed by atoms with van der Waals surface area (Å²) in [5, 5.41) is 7.61. The summed E-state index contributed by atoms with van der Waals surface area (Å²) in [4.78, 5) is 11.0. The highest BCUT2D eigenvalue weighted by atomic mass is 32.2. The molecule has 0 radical (unpaired) electrons. The van der Waals surface area contributed by atoms with Crippen LogP contribution < -0.4 is 11.6 Å². The molecule has 0 fully saturated rings. The van der Waals surface area contributed by atoms with Crippen molar-refractivity contribution in [2.45, 2.75) is 17.3 Å². The molecule has 6 nitrogen and oxygen atoms in total. The van der Waals surface area contributed by atoms with E-state index in [1.165, 1.54) is 16.8 Å². The van der Waals surface area contributed by atoms with Crippen LogP contribution in [-0.2, 0) is 4.79 Å². The summed E-state index contributed by atoms with van der Waals surface area (Å²) in [6, 6.07) is 5.85. The smallest absolute Gasteiger partial charge is 0.230 e. The second-order valence-corrected chi connectivity index (χ2v) is 5.16. The van der Waals surface area contributed by atoms with Crippen molar-refractivity contribution in [2.24, 2.45) is 5.73 Å². The molecule has 0 saturated heterocycles. The van der Waals surface area contributed by atoms with Crippen molar-refractivity contribution in [3.05, 3.63) is 30.1 Å².